The minimum atomic E-state index is -4.39. The van der Waals surface area contributed by atoms with Gasteiger partial charge in [0.05, 0.1) is 10.9 Å². The monoisotopic (exact) mass is 574 g/mol. The Morgan fingerprint density at radius 2 is 1.48 bits per heavy atom. The molecule has 2 heterocycles. The number of rotatable bonds is 8. The van der Waals surface area contributed by atoms with E-state index in [0.717, 1.165) is 28.8 Å². The molecule has 1 amide bonds. The second kappa shape index (κ2) is 11.9. The molecule has 0 spiro atoms. The highest BCUT2D eigenvalue weighted by Gasteiger charge is 2.30. The SMILES string of the molecule is CN(Cc1ccc(-c2ccc(C(F)(F)F)cc2)cc1)C(=O)Cn1c(CCc2ccc(F)cc2)nc(=O)c2cccnc21. The highest BCUT2D eigenvalue weighted by Crippen LogP contribution is 2.31. The van der Waals surface area contributed by atoms with Crippen LogP contribution in [0.5, 0.6) is 0 Å². The number of amides is 1. The van der Waals surface area contributed by atoms with Crippen LogP contribution in [0.1, 0.15) is 22.5 Å². The third-order valence-corrected chi connectivity index (χ3v) is 7.00. The number of aromatic nitrogens is 3. The summed E-state index contributed by atoms with van der Waals surface area (Å²) in [5, 5.41) is 0.303. The molecule has 0 saturated carbocycles. The minimum absolute atomic E-state index is 0.0975. The fourth-order valence-electron chi connectivity index (χ4n) is 4.68. The van der Waals surface area contributed by atoms with Gasteiger partial charge in [0.25, 0.3) is 5.56 Å². The largest absolute Gasteiger partial charge is 0.416 e. The van der Waals surface area contributed by atoms with Crippen molar-refractivity contribution in [3.05, 3.63) is 130 Å². The normalized spacial score (nSPS) is 11.5. The van der Waals surface area contributed by atoms with Gasteiger partial charge in [0, 0.05) is 26.2 Å². The zero-order valence-corrected chi connectivity index (χ0v) is 22.6. The summed E-state index contributed by atoms with van der Waals surface area (Å²) in [5.41, 5.74) is 2.32. The Morgan fingerprint density at radius 1 is 0.857 bits per heavy atom. The number of aryl methyl sites for hydroxylation is 2. The molecule has 3 aromatic carbocycles. The van der Waals surface area contributed by atoms with Crippen molar-refractivity contribution in [2.24, 2.45) is 0 Å². The first-order chi connectivity index (χ1) is 20.1. The van der Waals surface area contributed by atoms with Gasteiger partial charge in [0.2, 0.25) is 5.91 Å². The maximum atomic E-state index is 13.3. The van der Waals surface area contributed by atoms with Crippen molar-refractivity contribution in [1.29, 1.82) is 0 Å². The lowest BCUT2D eigenvalue weighted by Gasteiger charge is -2.21. The van der Waals surface area contributed by atoms with E-state index in [9.17, 15) is 27.2 Å². The first-order valence-corrected chi connectivity index (χ1v) is 13.2. The number of carbonyl (C=O) groups is 1. The highest BCUT2D eigenvalue weighted by atomic mass is 19.4. The van der Waals surface area contributed by atoms with Crippen molar-refractivity contribution in [2.45, 2.75) is 32.1 Å². The lowest BCUT2D eigenvalue weighted by Crippen LogP contribution is -2.32. The van der Waals surface area contributed by atoms with Crippen molar-refractivity contribution in [2.75, 3.05) is 7.05 Å². The summed E-state index contributed by atoms with van der Waals surface area (Å²) in [6.45, 7) is 0.190. The molecule has 10 heteroatoms. The molecular weight excluding hydrogens is 548 g/mol. The number of alkyl halides is 3. The van der Waals surface area contributed by atoms with E-state index < -0.39 is 17.3 Å². The Labute approximate surface area is 238 Å². The Kier molecular flexibility index (Phi) is 8.15. The molecule has 0 unspecified atom stereocenters. The maximum Gasteiger partial charge on any atom is 0.416 e. The number of pyridine rings is 1. The molecule has 0 aliphatic heterocycles. The predicted molar refractivity (Wildman–Crippen MR) is 151 cm³/mol. The summed E-state index contributed by atoms with van der Waals surface area (Å²) in [4.78, 5) is 36.2. The number of carbonyl (C=O) groups excluding carboxylic acids is 1. The van der Waals surface area contributed by atoms with Gasteiger partial charge in [-0.3, -0.25) is 9.59 Å². The molecule has 214 valence electrons. The van der Waals surface area contributed by atoms with Crippen LogP contribution in [0.3, 0.4) is 0 Å². The summed E-state index contributed by atoms with van der Waals surface area (Å²) in [6.07, 6.45) is -2.01. The molecule has 0 fully saturated rings. The number of benzene rings is 3. The van der Waals surface area contributed by atoms with E-state index >= 15 is 0 Å². The Balaban J connectivity index is 1.32. The third kappa shape index (κ3) is 6.54. The van der Waals surface area contributed by atoms with Crippen LogP contribution >= 0.6 is 0 Å². The molecule has 6 nitrogen and oxygen atoms in total. The lowest BCUT2D eigenvalue weighted by atomic mass is 10.0. The average molecular weight is 575 g/mol. The first-order valence-electron chi connectivity index (χ1n) is 13.2. The van der Waals surface area contributed by atoms with E-state index in [1.165, 1.54) is 24.3 Å². The maximum absolute atomic E-state index is 13.3. The van der Waals surface area contributed by atoms with Crippen LogP contribution in [0.25, 0.3) is 22.2 Å². The van der Waals surface area contributed by atoms with E-state index in [0.29, 0.717) is 35.3 Å². The van der Waals surface area contributed by atoms with Crippen LogP contribution in [0, 0.1) is 5.82 Å². The van der Waals surface area contributed by atoms with Gasteiger partial charge in [-0.1, -0.05) is 48.5 Å². The van der Waals surface area contributed by atoms with E-state index in [2.05, 4.69) is 9.97 Å². The molecule has 5 aromatic rings. The van der Waals surface area contributed by atoms with Gasteiger partial charge >= 0.3 is 6.18 Å². The van der Waals surface area contributed by atoms with Crippen molar-refractivity contribution in [1.82, 2.24) is 19.4 Å². The Hall–Kier alpha value is -4.86. The highest BCUT2D eigenvalue weighted by molar-refractivity contribution is 5.79. The number of fused-ring (bicyclic) bond motifs is 1. The third-order valence-electron chi connectivity index (χ3n) is 7.00. The molecule has 0 atom stereocenters. The molecule has 42 heavy (non-hydrogen) atoms. The quantitative estimate of drug-likeness (QED) is 0.211. The van der Waals surface area contributed by atoms with E-state index in [1.807, 2.05) is 12.1 Å². The number of nitrogens with zero attached hydrogens (tertiary/aromatic N) is 4. The summed E-state index contributed by atoms with van der Waals surface area (Å²) in [5.74, 6) is -0.174. The molecular formula is C32H26F4N4O2. The van der Waals surface area contributed by atoms with Gasteiger partial charge in [-0.25, -0.2) is 9.37 Å². The van der Waals surface area contributed by atoms with Gasteiger partial charge in [-0.15, -0.1) is 0 Å². The van der Waals surface area contributed by atoms with Crippen molar-refractivity contribution in [3.63, 3.8) is 0 Å². The van der Waals surface area contributed by atoms with Crippen molar-refractivity contribution < 1.29 is 22.4 Å². The molecule has 0 saturated heterocycles. The van der Waals surface area contributed by atoms with E-state index in [4.69, 9.17) is 0 Å². The molecule has 0 radical (unpaired) electrons. The second-order valence-electron chi connectivity index (χ2n) is 9.94. The van der Waals surface area contributed by atoms with E-state index in [1.54, 1.807) is 59.1 Å². The van der Waals surface area contributed by atoms with Crippen LogP contribution in [-0.2, 0) is 36.9 Å². The van der Waals surface area contributed by atoms with Crippen molar-refractivity contribution >= 4 is 16.9 Å². The lowest BCUT2D eigenvalue weighted by molar-refractivity contribution is -0.137. The summed E-state index contributed by atoms with van der Waals surface area (Å²) in [6, 6.07) is 21.5. The number of hydrogen-bond acceptors (Lipinski definition) is 4. The van der Waals surface area contributed by atoms with Gasteiger partial charge in [-0.2, -0.15) is 18.2 Å². The molecule has 0 aliphatic carbocycles. The molecule has 2 aromatic heterocycles. The number of halogens is 4. The van der Waals surface area contributed by atoms with Gasteiger partial charge in [-0.05, 0) is 65.1 Å². The van der Waals surface area contributed by atoms with Crippen LogP contribution in [-0.4, -0.2) is 32.4 Å². The smallest absolute Gasteiger partial charge is 0.340 e. The van der Waals surface area contributed by atoms with Crippen LogP contribution in [0.4, 0.5) is 17.6 Å². The second-order valence-corrected chi connectivity index (χ2v) is 9.94. The minimum Gasteiger partial charge on any atom is -0.340 e. The molecule has 0 N–H and O–H groups in total. The molecule has 5 rings (SSSR count). The Morgan fingerprint density at radius 3 is 2.12 bits per heavy atom. The van der Waals surface area contributed by atoms with Gasteiger partial charge < -0.3 is 9.47 Å². The zero-order valence-electron chi connectivity index (χ0n) is 22.6. The first kappa shape index (κ1) is 28.7. The molecule has 0 bridgehead atoms. The summed E-state index contributed by atoms with van der Waals surface area (Å²) < 4.78 is 53.6. The Bertz CT molecular complexity index is 1770. The zero-order chi connectivity index (χ0) is 29.9. The van der Waals surface area contributed by atoms with Gasteiger partial charge in [0.15, 0.2) is 0 Å². The predicted octanol–water partition coefficient (Wildman–Crippen LogP) is 6.06. The summed E-state index contributed by atoms with van der Waals surface area (Å²) >= 11 is 0. The number of hydrogen-bond donors (Lipinski definition) is 0. The average Bonchev–Trinajstić information content (AvgIpc) is 2.98. The molecule has 0 aliphatic rings. The van der Waals surface area contributed by atoms with Crippen molar-refractivity contribution in [3.8, 4) is 11.1 Å². The topological polar surface area (TPSA) is 68.1 Å². The fourth-order valence-corrected chi connectivity index (χ4v) is 4.68. The van der Waals surface area contributed by atoms with Gasteiger partial charge in [0.1, 0.15) is 23.8 Å². The van der Waals surface area contributed by atoms with E-state index in [-0.39, 0.29) is 24.8 Å². The standard InChI is InChI=1S/C32H26F4N4O2/c1-39(19-22-4-9-23(10-5-22)24-11-13-25(14-12-24)32(34,35)36)29(41)20-40-28(17-8-21-6-15-26(33)16-7-21)38-31(42)27-3-2-18-37-30(27)40/h2-7,9-16,18H,8,17,19-20H2,1H3. The fraction of sp³-hybridized carbons (Fsp3) is 0.188. The van der Waals surface area contributed by atoms with Crippen LogP contribution in [0.2, 0.25) is 0 Å². The summed E-state index contributed by atoms with van der Waals surface area (Å²) in [7, 11) is 1.66. The van der Waals surface area contributed by atoms with Crippen LogP contribution < -0.4 is 5.56 Å². The number of likely N-dealkylation sites (N-methyl/N-ethyl adjacent to an activating group) is 1. The van der Waals surface area contributed by atoms with Crippen LogP contribution in [0.15, 0.2) is 95.9 Å².